The van der Waals surface area contributed by atoms with Gasteiger partial charge in [-0.05, 0) is 35.7 Å². The van der Waals surface area contributed by atoms with Gasteiger partial charge in [-0.25, -0.2) is 4.98 Å². The number of hydrogen-bond donors (Lipinski definition) is 1. The van der Waals surface area contributed by atoms with Gasteiger partial charge in [0.15, 0.2) is 0 Å². The average molecular weight is 355 g/mol. The third kappa shape index (κ3) is 3.75. The number of aromatic nitrogens is 2. The summed E-state index contributed by atoms with van der Waals surface area (Å²) in [5.41, 5.74) is 6.50. The second kappa shape index (κ2) is 7.46. The normalized spacial score (nSPS) is 10.9. The summed E-state index contributed by atoms with van der Waals surface area (Å²) >= 11 is 0. The van der Waals surface area contributed by atoms with Gasteiger partial charge < -0.3 is 9.88 Å². The lowest BCUT2D eigenvalue weighted by atomic mass is 9.98. The lowest BCUT2D eigenvalue weighted by Crippen LogP contribution is -2.27. The number of carbonyl (C=O) groups excluding carboxylic acids is 1. The number of aryl methyl sites for hydroxylation is 1. The van der Waals surface area contributed by atoms with Gasteiger partial charge in [-0.1, -0.05) is 66.2 Å². The largest absolute Gasteiger partial charge is 0.350 e. The van der Waals surface area contributed by atoms with Crippen LogP contribution in [0.4, 0.5) is 0 Å². The van der Waals surface area contributed by atoms with Crippen molar-refractivity contribution < 1.29 is 4.79 Å². The number of nitrogens with one attached hydrogen (secondary N) is 1. The van der Waals surface area contributed by atoms with Gasteiger partial charge in [0.05, 0.1) is 17.4 Å². The number of carbonyl (C=O) groups is 1. The summed E-state index contributed by atoms with van der Waals surface area (Å²) in [4.78, 5) is 16.8. The zero-order valence-corrected chi connectivity index (χ0v) is 15.2. The molecule has 1 aromatic heterocycles. The van der Waals surface area contributed by atoms with Crippen LogP contribution >= 0.6 is 0 Å². The standard InChI is InChI=1S/C23H21N3O/c1-17-7-6-9-18(13-17)20-10-3-2-8-19(20)14-24-23(27)15-26-16-25-21-11-4-5-12-22(21)26/h2-13,16H,14-15H2,1H3,(H,24,27). The average Bonchev–Trinajstić information content (AvgIpc) is 3.09. The van der Waals surface area contributed by atoms with E-state index in [2.05, 4.69) is 53.6 Å². The summed E-state index contributed by atoms with van der Waals surface area (Å²) in [5, 5.41) is 3.04. The molecule has 0 fully saturated rings. The van der Waals surface area contributed by atoms with Crippen molar-refractivity contribution in [1.82, 2.24) is 14.9 Å². The highest BCUT2D eigenvalue weighted by Gasteiger charge is 2.09. The second-order valence-corrected chi connectivity index (χ2v) is 6.66. The lowest BCUT2D eigenvalue weighted by molar-refractivity contribution is -0.121. The van der Waals surface area contributed by atoms with E-state index in [0.29, 0.717) is 6.54 Å². The molecule has 0 spiro atoms. The summed E-state index contributed by atoms with van der Waals surface area (Å²) in [7, 11) is 0. The Morgan fingerprint density at radius 1 is 1.00 bits per heavy atom. The molecular weight excluding hydrogens is 334 g/mol. The predicted molar refractivity (Wildman–Crippen MR) is 108 cm³/mol. The van der Waals surface area contributed by atoms with Crippen LogP contribution in [-0.2, 0) is 17.9 Å². The van der Waals surface area contributed by atoms with Crippen LogP contribution in [0.5, 0.6) is 0 Å². The van der Waals surface area contributed by atoms with Gasteiger partial charge in [0.1, 0.15) is 6.54 Å². The Balaban J connectivity index is 1.48. The van der Waals surface area contributed by atoms with Crippen molar-refractivity contribution in [3.05, 3.63) is 90.3 Å². The fourth-order valence-electron chi connectivity index (χ4n) is 3.31. The maximum atomic E-state index is 12.5. The highest BCUT2D eigenvalue weighted by atomic mass is 16.1. The van der Waals surface area contributed by atoms with Crippen LogP contribution < -0.4 is 5.32 Å². The fourth-order valence-corrected chi connectivity index (χ4v) is 3.31. The highest BCUT2D eigenvalue weighted by Crippen LogP contribution is 2.24. The molecule has 0 radical (unpaired) electrons. The van der Waals surface area contributed by atoms with Gasteiger partial charge in [0, 0.05) is 6.54 Å². The van der Waals surface area contributed by atoms with E-state index in [9.17, 15) is 4.79 Å². The molecule has 4 aromatic rings. The van der Waals surface area contributed by atoms with Crippen LogP contribution in [0.2, 0.25) is 0 Å². The van der Waals surface area contributed by atoms with Crippen LogP contribution in [0.15, 0.2) is 79.1 Å². The minimum Gasteiger partial charge on any atom is -0.350 e. The molecule has 0 aliphatic rings. The van der Waals surface area contributed by atoms with E-state index in [4.69, 9.17) is 0 Å². The van der Waals surface area contributed by atoms with Gasteiger partial charge in [-0.2, -0.15) is 0 Å². The summed E-state index contributed by atoms with van der Waals surface area (Å²) in [6.07, 6.45) is 1.71. The molecule has 1 amide bonds. The van der Waals surface area contributed by atoms with Crippen LogP contribution in [0, 0.1) is 6.92 Å². The van der Waals surface area contributed by atoms with Gasteiger partial charge >= 0.3 is 0 Å². The Labute approximate surface area is 158 Å². The lowest BCUT2D eigenvalue weighted by Gasteiger charge is -2.12. The quantitative estimate of drug-likeness (QED) is 0.579. The first-order chi connectivity index (χ1) is 13.2. The SMILES string of the molecule is Cc1cccc(-c2ccccc2CNC(=O)Cn2cnc3ccccc32)c1. The molecular formula is C23H21N3O. The van der Waals surface area contributed by atoms with Crippen LogP contribution in [0.1, 0.15) is 11.1 Å². The molecule has 0 atom stereocenters. The number of nitrogens with zero attached hydrogens (tertiary/aromatic N) is 2. The van der Waals surface area contributed by atoms with Crippen molar-refractivity contribution in [3.8, 4) is 11.1 Å². The summed E-state index contributed by atoms with van der Waals surface area (Å²) in [6, 6.07) is 24.4. The first kappa shape index (κ1) is 17.0. The zero-order valence-electron chi connectivity index (χ0n) is 15.2. The topological polar surface area (TPSA) is 46.9 Å². The molecule has 3 aromatic carbocycles. The van der Waals surface area contributed by atoms with Gasteiger partial charge in [-0.3, -0.25) is 4.79 Å². The molecule has 134 valence electrons. The van der Waals surface area contributed by atoms with Crippen LogP contribution in [0.25, 0.3) is 22.2 Å². The molecule has 0 unspecified atom stereocenters. The molecule has 4 nitrogen and oxygen atoms in total. The smallest absolute Gasteiger partial charge is 0.240 e. The molecule has 4 rings (SSSR count). The molecule has 1 N–H and O–H groups in total. The fraction of sp³-hybridized carbons (Fsp3) is 0.130. The summed E-state index contributed by atoms with van der Waals surface area (Å²) in [5.74, 6) is -0.0304. The summed E-state index contributed by atoms with van der Waals surface area (Å²) < 4.78 is 1.87. The molecule has 27 heavy (non-hydrogen) atoms. The maximum Gasteiger partial charge on any atom is 0.240 e. The molecule has 1 heterocycles. The Morgan fingerprint density at radius 3 is 2.70 bits per heavy atom. The van der Waals surface area contributed by atoms with Crippen LogP contribution in [0.3, 0.4) is 0 Å². The van der Waals surface area contributed by atoms with Gasteiger partial charge in [0.2, 0.25) is 5.91 Å². The van der Waals surface area contributed by atoms with Crippen LogP contribution in [-0.4, -0.2) is 15.5 Å². The summed E-state index contributed by atoms with van der Waals surface area (Å²) in [6.45, 7) is 2.84. The molecule has 0 saturated carbocycles. The number of rotatable bonds is 5. The number of amides is 1. The predicted octanol–water partition coefficient (Wildman–Crippen LogP) is 4.33. The van der Waals surface area contributed by atoms with E-state index in [1.54, 1.807) is 6.33 Å². The first-order valence-electron chi connectivity index (χ1n) is 9.02. The van der Waals surface area contributed by atoms with Crippen molar-refractivity contribution >= 4 is 16.9 Å². The number of para-hydroxylation sites is 2. The van der Waals surface area contributed by atoms with Crippen molar-refractivity contribution in [2.24, 2.45) is 0 Å². The first-order valence-corrected chi connectivity index (χ1v) is 9.02. The molecule has 0 saturated heterocycles. The van der Waals surface area contributed by atoms with E-state index < -0.39 is 0 Å². The molecule has 4 heteroatoms. The van der Waals surface area contributed by atoms with Crippen molar-refractivity contribution in [2.45, 2.75) is 20.0 Å². The Morgan fingerprint density at radius 2 is 1.81 bits per heavy atom. The van der Waals surface area contributed by atoms with E-state index in [1.165, 1.54) is 11.1 Å². The Bertz CT molecular complexity index is 1100. The third-order valence-corrected chi connectivity index (χ3v) is 4.66. The van der Waals surface area contributed by atoms with Crippen molar-refractivity contribution in [1.29, 1.82) is 0 Å². The van der Waals surface area contributed by atoms with E-state index in [-0.39, 0.29) is 12.5 Å². The Hall–Kier alpha value is -3.40. The maximum absolute atomic E-state index is 12.5. The highest BCUT2D eigenvalue weighted by molar-refractivity contribution is 5.80. The number of imidazole rings is 1. The molecule has 0 aliphatic carbocycles. The minimum absolute atomic E-state index is 0.0304. The van der Waals surface area contributed by atoms with Crippen molar-refractivity contribution in [3.63, 3.8) is 0 Å². The minimum atomic E-state index is -0.0304. The van der Waals surface area contributed by atoms with Crippen molar-refractivity contribution in [2.75, 3.05) is 0 Å². The van der Waals surface area contributed by atoms with E-state index >= 15 is 0 Å². The number of benzene rings is 3. The van der Waals surface area contributed by atoms with Gasteiger partial charge in [-0.15, -0.1) is 0 Å². The monoisotopic (exact) mass is 355 g/mol. The Kier molecular flexibility index (Phi) is 4.71. The molecule has 0 bridgehead atoms. The number of fused-ring (bicyclic) bond motifs is 1. The zero-order chi connectivity index (χ0) is 18.6. The molecule has 0 aliphatic heterocycles. The van der Waals surface area contributed by atoms with E-state index in [0.717, 1.165) is 22.2 Å². The second-order valence-electron chi connectivity index (χ2n) is 6.66. The van der Waals surface area contributed by atoms with Gasteiger partial charge in [0.25, 0.3) is 0 Å². The van der Waals surface area contributed by atoms with E-state index in [1.807, 2.05) is 41.0 Å². The third-order valence-electron chi connectivity index (χ3n) is 4.66. The number of hydrogen-bond acceptors (Lipinski definition) is 2.